The number of thioether (sulfide) groups is 1. The topological polar surface area (TPSA) is 12.0 Å². The van der Waals surface area contributed by atoms with E-state index in [-0.39, 0.29) is 6.04 Å². The van der Waals surface area contributed by atoms with Crippen molar-refractivity contribution in [3.63, 3.8) is 0 Å². The molecule has 2 aliphatic rings. The molecule has 3 atom stereocenters. The Morgan fingerprint density at radius 1 is 0.885 bits per heavy atom. The van der Waals surface area contributed by atoms with Gasteiger partial charge in [-0.1, -0.05) is 91.9 Å². The molecule has 1 aliphatic heterocycles. The molecule has 1 heterocycles. The molecular weight excluding hydrogens is 334 g/mol. The molecule has 132 valence electrons. The SMILES string of the molecule is CCC(NC(c1ccccc1)c1ccccc1)C1=CSC2C=CC=CC12. The van der Waals surface area contributed by atoms with Crippen molar-refractivity contribution in [2.24, 2.45) is 5.92 Å². The van der Waals surface area contributed by atoms with Crippen molar-refractivity contribution >= 4 is 11.8 Å². The Morgan fingerprint density at radius 3 is 2.12 bits per heavy atom. The lowest BCUT2D eigenvalue weighted by Crippen LogP contribution is -2.37. The number of nitrogens with one attached hydrogen (secondary N) is 1. The first-order valence-electron chi connectivity index (χ1n) is 9.43. The molecule has 3 unspecified atom stereocenters. The first kappa shape index (κ1) is 17.4. The molecule has 0 spiro atoms. The number of benzene rings is 2. The third-order valence-corrected chi connectivity index (χ3v) is 6.45. The van der Waals surface area contributed by atoms with Gasteiger partial charge in [0.15, 0.2) is 0 Å². The minimum Gasteiger partial charge on any atom is -0.300 e. The van der Waals surface area contributed by atoms with Gasteiger partial charge in [-0.3, -0.25) is 5.32 Å². The summed E-state index contributed by atoms with van der Waals surface area (Å²) in [5.74, 6) is 0.523. The number of hydrogen-bond acceptors (Lipinski definition) is 2. The standard InChI is InChI=1S/C24H25NS/c1-2-22(21-17-26-23-16-10-9-15-20(21)23)25-24(18-11-5-3-6-12-18)19-13-7-4-8-14-19/h3-17,20,22-25H,2H2,1H3. The van der Waals surface area contributed by atoms with Crippen molar-refractivity contribution in [1.82, 2.24) is 5.32 Å². The lowest BCUT2D eigenvalue weighted by molar-refractivity contribution is 0.481. The molecule has 0 aromatic heterocycles. The lowest BCUT2D eigenvalue weighted by atomic mass is 9.86. The van der Waals surface area contributed by atoms with Gasteiger partial charge in [-0.25, -0.2) is 0 Å². The predicted octanol–water partition coefficient (Wildman–Crippen LogP) is 5.89. The van der Waals surface area contributed by atoms with Crippen molar-refractivity contribution in [2.75, 3.05) is 0 Å². The number of allylic oxidation sites excluding steroid dienone is 3. The molecule has 1 N–H and O–H groups in total. The van der Waals surface area contributed by atoms with Gasteiger partial charge in [-0.15, -0.1) is 11.8 Å². The highest BCUT2D eigenvalue weighted by Crippen LogP contribution is 2.41. The minimum absolute atomic E-state index is 0.204. The molecule has 0 amide bonds. The largest absolute Gasteiger partial charge is 0.300 e. The van der Waals surface area contributed by atoms with Gasteiger partial charge >= 0.3 is 0 Å². The maximum Gasteiger partial charge on any atom is 0.0581 e. The quantitative estimate of drug-likeness (QED) is 0.690. The first-order valence-corrected chi connectivity index (χ1v) is 10.4. The summed E-state index contributed by atoms with van der Waals surface area (Å²) in [5.41, 5.74) is 4.16. The monoisotopic (exact) mass is 359 g/mol. The summed E-state index contributed by atoms with van der Waals surface area (Å²) >= 11 is 1.96. The third-order valence-electron chi connectivity index (χ3n) is 5.27. The second kappa shape index (κ2) is 8.11. The van der Waals surface area contributed by atoms with Gasteiger partial charge in [0.25, 0.3) is 0 Å². The van der Waals surface area contributed by atoms with Crippen LogP contribution in [0, 0.1) is 5.92 Å². The van der Waals surface area contributed by atoms with E-state index >= 15 is 0 Å². The van der Waals surface area contributed by atoms with Crippen LogP contribution in [0.2, 0.25) is 0 Å². The maximum absolute atomic E-state index is 3.97. The fourth-order valence-corrected chi connectivity index (χ4v) is 5.13. The average molecular weight is 360 g/mol. The van der Waals surface area contributed by atoms with Crippen LogP contribution in [0.4, 0.5) is 0 Å². The van der Waals surface area contributed by atoms with E-state index in [9.17, 15) is 0 Å². The summed E-state index contributed by atoms with van der Waals surface area (Å²) in [4.78, 5) is 0. The van der Waals surface area contributed by atoms with Gasteiger partial charge < -0.3 is 0 Å². The summed E-state index contributed by atoms with van der Waals surface area (Å²) in [6, 6.07) is 22.2. The molecule has 4 rings (SSSR count). The number of fused-ring (bicyclic) bond motifs is 1. The lowest BCUT2D eigenvalue weighted by Gasteiger charge is -2.30. The minimum atomic E-state index is 0.204. The van der Waals surface area contributed by atoms with Gasteiger partial charge in [-0.05, 0) is 28.5 Å². The Balaban J connectivity index is 1.62. The fraction of sp³-hybridized carbons (Fsp3) is 0.250. The highest BCUT2D eigenvalue weighted by atomic mass is 32.2. The van der Waals surface area contributed by atoms with Crippen LogP contribution < -0.4 is 5.32 Å². The van der Waals surface area contributed by atoms with Crippen molar-refractivity contribution in [3.05, 3.63) is 107 Å². The molecule has 26 heavy (non-hydrogen) atoms. The van der Waals surface area contributed by atoms with Crippen LogP contribution in [-0.2, 0) is 0 Å². The Bertz CT molecular complexity index is 767. The Kier molecular flexibility index (Phi) is 5.42. The van der Waals surface area contributed by atoms with Gasteiger partial charge in [0.05, 0.1) is 6.04 Å². The molecular formula is C24H25NS. The Morgan fingerprint density at radius 2 is 1.50 bits per heavy atom. The smallest absolute Gasteiger partial charge is 0.0581 e. The van der Waals surface area contributed by atoms with Crippen LogP contribution >= 0.6 is 11.8 Å². The molecule has 0 radical (unpaired) electrons. The summed E-state index contributed by atoms with van der Waals surface area (Å²) < 4.78 is 0. The molecule has 0 saturated carbocycles. The van der Waals surface area contributed by atoms with E-state index in [1.807, 2.05) is 11.8 Å². The van der Waals surface area contributed by atoms with Gasteiger partial charge in [0.2, 0.25) is 0 Å². The van der Waals surface area contributed by atoms with Gasteiger partial charge in [-0.2, -0.15) is 0 Å². The second-order valence-corrected chi connectivity index (χ2v) is 7.95. The van der Waals surface area contributed by atoms with Crippen LogP contribution in [0.15, 0.2) is 95.9 Å². The summed E-state index contributed by atoms with van der Waals surface area (Å²) in [6.07, 6.45) is 10.1. The molecule has 1 aliphatic carbocycles. The zero-order valence-corrected chi connectivity index (χ0v) is 15.9. The number of rotatable bonds is 6. The fourth-order valence-electron chi connectivity index (χ4n) is 3.89. The third kappa shape index (κ3) is 3.58. The van der Waals surface area contributed by atoms with Crippen LogP contribution in [0.5, 0.6) is 0 Å². The van der Waals surface area contributed by atoms with E-state index in [1.54, 1.807) is 0 Å². The molecule has 0 fully saturated rings. The van der Waals surface area contributed by atoms with E-state index in [2.05, 4.69) is 103 Å². The molecule has 1 nitrogen and oxygen atoms in total. The van der Waals surface area contributed by atoms with Crippen LogP contribution in [0.25, 0.3) is 0 Å². The Hall–Kier alpha value is -2.03. The molecule has 2 aromatic rings. The van der Waals surface area contributed by atoms with E-state index in [0.29, 0.717) is 17.2 Å². The summed E-state index contributed by atoms with van der Waals surface area (Å²) in [7, 11) is 0. The van der Waals surface area contributed by atoms with E-state index in [1.165, 1.54) is 16.7 Å². The zero-order valence-electron chi connectivity index (χ0n) is 15.1. The van der Waals surface area contributed by atoms with E-state index in [0.717, 1.165) is 6.42 Å². The molecule has 2 aromatic carbocycles. The van der Waals surface area contributed by atoms with Crippen LogP contribution in [-0.4, -0.2) is 11.3 Å². The molecule has 0 bridgehead atoms. The molecule has 2 heteroatoms. The summed E-state index contributed by atoms with van der Waals surface area (Å²) in [6.45, 7) is 2.28. The van der Waals surface area contributed by atoms with Gasteiger partial charge in [0, 0.05) is 17.2 Å². The molecule has 0 saturated heterocycles. The van der Waals surface area contributed by atoms with Crippen LogP contribution in [0.3, 0.4) is 0 Å². The van der Waals surface area contributed by atoms with Crippen molar-refractivity contribution in [1.29, 1.82) is 0 Å². The Labute approximate surface area is 160 Å². The van der Waals surface area contributed by atoms with E-state index < -0.39 is 0 Å². The van der Waals surface area contributed by atoms with Crippen molar-refractivity contribution in [3.8, 4) is 0 Å². The highest BCUT2D eigenvalue weighted by molar-refractivity contribution is 8.03. The average Bonchev–Trinajstić information content (AvgIpc) is 3.14. The van der Waals surface area contributed by atoms with Crippen molar-refractivity contribution in [2.45, 2.75) is 30.7 Å². The summed E-state index contributed by atoms with van der Waals surface area (Å²) in [5, 5.41) is 6.93. The second-order valence-electron chi connectivity index (χ2n) is 6.90. The maximum atomic E-state index is 3.97. The normalized spacial score (nSPS) is 22.3. The predicted molar refractivity (Wildman–Crippen MR) is 113 cm³/mol. The highest BCUT2D eigenvalue weighted by Gasteiger charge is 2.32. The van der Waals surface area contributed by atoms with Crippen LogP contribution in [0.1, 0.15) is 30.5 Å². The number of hydrogen-bond donors (Lipinski definition) is 1. The van der Waals surface area contributed by atoms with Gasteiger partial charge in [0.1, 0.15) is 0 Å². The van der Waals surface area contributed by atoms with E-state index in [4.69, 9.17) is 0 Å². The first-order chi connectivity index (χ1) is 12.9. The zero-order chi connectivity index (χ0) is 17.8. The van der Waals surface area contributed by atoms with Crippen molar-refractivity contribution < 1.29 is 0 Å².